The molecule has 108 valence electrons. The van der Waals surface area contributed by atoms with Gasteiger partial charge in [0, 0.05) is 10.7 Å². The lowest BCUT2D eigenvalue weighted by Gasteiger charge is -2.13. The predicted molar refractivity (Wildman–Crippen MR) is 79.6 cm³/mol. The number of ether oxygens (including phenoxy) is 1. The summed E-state index contributed by atoms with van der Waals surface area (Å²) in [5, 5.41) is 0. The van der Waals surface area contributed by atoms with Crippen molar-refractivity contribution in [3.63, 3.8) is 0 Å². The van der Waals surface area contributed by atoms with Crippen LogP contribution < -0.4 is 4.74 Å². The fraction of sp³-hybridized carbons (Fsp3) is 0.571. The molecule has 0 aromatic heterocycles. The van der Waals surface area contributed by atoms with E-state index in [1.807, 2.05) is 13.8 Å². The zero-order chi connectivity index (χ0) is 14.5. The highest BCUT2D eigenvalue weighted by atomic mass is 35.7. The van der Waals surface area contributed by atoms with Crippen molar-refractivity contribution in [2.24, 2.45) is 0 Å². The van der Waals surface area contributed by atoms with Crippen LogP contribution in [0.3, 0.4) is 0 Å². The van der Waals surface area contributed by atoms with Gasteiger partial charge >= 0.3 is 0 Å². The van der Waals surface area contributed by atoms with Gasteiger partial charge in [-0.25, -0.2) is 8.42 Å². The minimum absolute atomic E-state index is 0.0388. The quantitative estimate of drug-likeness (QED) is 0.569. The molecule has 0 N–H and O–H groups in total. The number of halogens is 1. The van der Waals surface area contributed by atoms with E-state index in [0.29, 0.717) is 13.0 Å². The maximum atomic E-state index is 10.7. The molecule has 0 saturated heterocycles. The Labute approximate surface area is 120 Å². The van der Waals surface area contributed by atoms with Crippen LogP contribution in [0.25, 0.3) is 0 Å². The third-order valence-electron chi connectivity index (χ3n) is 2.88. The van der Waals surface area contributed by atoms with Gasteiger partial charge in [0.2, 0.25) is 9.05 Å². The van der Waals surface area contributed by atoms with Gasteiger partial charge in [-0.2, -0.15) is 0 Å². The zero-order valence-electron chi connectivity index (χ0n) is 11.7. The molecule has 0 aliphatic heterocycles. The highest BCUT2D eigenvalue weighted by Crippen LogP contribution is 2.24. The summed E-state index contributed by atoms with van der Waals surface area (Å²) in [5.74, 6) is 0.979. The molecule has 5 heteroatoms. The summed E-state index contributed by atoms with van der Waals surface area (Å²) in [6, 6.07) is 4.20. The van der Waals surface area contributed by atoms with E-state index in [-0.39, 0.29) is 5.75 Å². The van der Waals surface area contributed by atoms with E-state index in [9.17, 15) is 8.42 Å². The summed E-state index contributed by atoms with van der Waals surface area (Å²) in [4.78, 5) is 0. The highest BCUT2D eigenvalue weighted by Gasteiger charge is 2.06. The second-order valence-electron chi connectivity index (χ2n) is 4.88. The second kappa shape index (κ2) is 7.15. The number of hydrogen-bond donors (Lipinski definition) is 0. The van der Waals surface area contributed by atoms with Crippen LogP contribution in [-0.4, -0.2) is 20.8 Å². The molecule has 3 nitrogen and oxygen atoms in total. The smallest absolute Gasteiger partial charge is 0.232 e. The second-order valence-corrected chi connectivity index (χ2v) is 7.78. The summed E-state index contributed by atoms with van der Waals surface area (Å²) < 4.78 is 27.3. The van der Waals surface area contributed by atoms with Crippen LogP contribution in [0.2, 0.25) is 0 Å². The summed E-state index contributed by atoms with van der Waals surface area (Å²) in [6.07, 6.45) is 2.22. The monoisotopic (exact) mass is 304 g/mol. The van der Waals surface area contributed by atoms with Crippen molar-refractivity contribution in [3.05, 3.63) is 28.8 Å². The molecule has 0 heterocycles. The van der Waals surface area contributed by atoms with E-state index >= 15 is 0 Å². The minimum atomic E-state index is -3.35. The van der Waals surface area contributed by atoms with Crippen LogP contribution in [0.1, 0.15) is 36.0 Å². The SMILES string of the molecule is Cc1cc(C)c(OCCCCCS(=O)(=O)Cl)c(C)c1. The Balaban J connectivity index is 2.34. The predicted octanol–water partition coefficient (Wildman–Crippen LogP) is 3.73. The topological polar surface area (TPSA) is 43.4 Å². The molecule has 1 aromatic rings. The molecule has 0 aliphatic rings. The average Bonchev–Trinajstić information content (AvgIpc) is 2.24. The Morgan fingerprint density at radius 2 is 1.63 bits per heavy atom. The van der Waals surface area contributed by atoms with Crippen molar-refractivity contribution in [1.29, 1.82) is 0 Å². The fourth-order valence-corrected chi connectivity index (χ4v) is 3.00. The molecule has 0 amide bonds. The van der Waals surface area contributed by atoms with Crippen LogP contribution in [0.15, 0.2) is 12.1 Å². The standard InChI is InChI=1S/C14H21ClO3S/c1-11-9-12(2)14(13(3)10-11)18-7-5-4-6-8-19(15,16)17/h9-10H,4-8H2,1-3H3. The molecule has 19 heavy (non-hydrogen) atoms. The van der Waals surface area contributed by atoms with Crippen molar-refractivity contribution < 1.29 is 13.2 Å². The molecule has 0 aliphatic carbocycles. The third kappa shape index (κ3) is 6.30. The van der Waals surface area contributed by atoms with Crippen molar-refractivity contribution in [2.75, 3.05) is 12.4 Å². The van der Waals surface area contributed by atoms with E-state index < -0.39 is 9.05 Å². The minimum Gasteiger partial charge on any atom is -0.493 e. The first kappa shape index (κ1) is 16.3. The van der Waals surface area contributed by atoms with Gasteiger partial charge in [-0.1, -0.05) is 17.7 Å². The van der Waals surface area contributed by atoms with Crippen LogP contribution in [-0.2, 0) is 9.05 Å². The molecule has 0 bridgehead atoms. The lowest BCUT2D eigenvalue weighted by molar-refractivity contribution is 0.302. The van der Waals surface area contributed by atoms with Gasteiger partial charge in [0.15, 0.2) is 0 Å². The van der Waals surface area contributed by atoms with Gasteiger partial charge in [0.05, 0.1) is 12.4 Å². The number of hydrogen-bond acceptors (Lipinski definition) is 3. The lowest BCUT2D eigenvalue weighted by Crippen LogP contribution is -2.03. The van der Waals surface area contributed by atoms with Crippen molar-refractivity contribution in [2.45, 2.75) is 40.0 Å². The van der Waals surface area contributed by atoms with Crippen LogP contribution in [0, 0.1) is 20.8 Å². The van der Waals surface area contributed by atoms with Gasteiger partial charge in [-0.3, -0.25) is 0 Å². The normalized spacial score (nSPS) is 11.6. The summed E-state index contributed by atoms with van der Waals surface area (Å²) in [6.45, 7) is 6.74. The van der Waals surface area contributed by atoms with Gasteiger partial charge < -0.3 is 4.74 Å². The third-order valence-corrected chi connectivity index (χ3v) is 4.12. The van der Waals surface area contributed by atoms with Crippen molar-refractivity contribution in [1.82, 2.24) is 0 Å². The fourth-order valence-electron chi connectivity index (χ4n) is 2.12. The van der Waals surface area contributed by atoms with E-state index in [1.165, 1.54) is 5.56 Å². The Hall–Kier alpha value is -0.740. The Bertz CT molecular complexity index is 500. The lowest BCUT2D eigenvalue weighted by atomic mass is 10.1. The van der Waals surface area contributed by atoms with E-state index in [2.05, 4.69) is 19.1 Å². The van der Waals surface area contributed by atoms with Gasteiger partial charge in [0.1, 0.15) is 5.75 Å². The number of unbranched alkanes of at least 4 members (excludes halogenated alkanes) is 2. The van der Waals surface area contributed by atoms with Crippen LogP contribution in [0.5, 0.6) is 5.75 Å². The molecule has 0 radical (unpaired) electrons. The summed E-state index contributed by atoms with van der Waals surface area (Å²) in [5.41, 5.74) is 3.51. The van der Waals surface area contributed by atoms with Gasteiger partial charge in [-0.05, 0) is 51.2 Å². The van der Waals surface area contributed by atoms with Crippen LogP contribution >= 0.6 is 10.7 Å². The highest BCUT2D eigenvalue weighted by molar-refractivity contribution is 8.13. The first-order valence-electron chi connectivity index (χ1n) is 6.42. The molecule has 0 atom stereocenters. The number of aryl methyl sites for hydroxylation is 3. The van der Waals surface area contributed by atoms with Crippen molar-refractivity contribution >= 4 is 19.7 Å². The van der Waals surface area contributed by atoms with Crippen molar-refractivity contribution in [3.8, 4) is 5.75 Å². The molecule has 1 rings (SSSR count). The zero-order valence-corrected chi connectivity index (χ0v) is 13.3. The van der Waals surface area contributed by atoms with Gasteiger partial charge in [0.25, 0.3) is 0 Å². The Kier molecular flexibility index (Phi) is 6.14. The molecular formula is C14H21ClO3S. The number of benzene rings is 1. The van der Waals surface area contributed by atoms with Gasteiger partial charge in [-0.15, -0.1) is 0 Å². The maximum absolute atomic E-state index is 10.7. The molecule has 0 unspecified atom stereocenters. The van der Waals surface area contributed by atoms with Crippen LogP contribution in [0.4, 0.5) is 0 Å². The first-order chi connectivity index (χ1) is 8.79. The molecule has 0 fully saturated rings. The molecule has 0 saturated carbocycles. The Morgan fingerprint density at radius 3 is 2.16 bits per heavy atom. The summed E-state index contributed by atoms with van der Waals surface area (Å²) >= 11 is 0. The summed E-state index contributed by atoms with van der Waals surface area (Å²) in [7, 11) is 1.79. The van der Waals surface area contributed by atoms with E-state index in [4.69, 9.17) is 15.4 Å². The van der Waals surface area contributed by atoms with E-state index in [0.717, 1.165) is 29.7 Å². The largest absolute Gasteiger partial charge is 0.493 e. The Morgan fingerprint density at radius 1 is 1.05 bits per heavy atom. The average molecular weight is 305 g/mol. The maximum Gasteiger partial charge on any atom is 0.232 e. The first-order valence-corrected chi connectivity index (χ1v) is 8.90. The molecule has 1 aromatic carbocycles. The molecule has 0 spiro atoms. The number of rotatable bonds is 7. The van der Waals surface area contributed by atoms with E-state index in [1.54, 1.807) is 0 Å². The molecular weight excluding hydrogens is 284 g/mol.